The predicted octanol–water partition coefficient (Wildman–Crippen LogP) is 2.76. The first-order valence-corrected chi connectivity index (χ1v) is 8.76. The van der Waals surface area contributed by atoms with E-state index in [0.717, 1.165) is 32.1 Å². The topological polar surface area (TPSA) is 45.5 Å². The number of hydrogen-bond donors (Lipinski definition) is 1. The van der Waals surface area contributed by atoms with Crippen molar-refractivity contribution in [2.45, 2.75) is 51.9 Å². The Morgan fingerprint density at radius 3 is 2.91 bits per heavy atom. The zero-order chi connectivity index (χ0) is 15.8. The lowest BCUT2D eigenvalue weighted by molar-refractivity contribution is 0.485. The van der Waals surface area contributed by atoms with Crippen LogP contribution in [0.4, 0.5) is 0 Å². The predicted molar refractivity (Wildman–Crippen MR) is 92.3 cm³/mol. The lowest BCUT2D eigenvalue weighted by Gasteiger charge is -2.21. The molecule has 1 fully saturated rings. The molecule has 0 radical (unpaired) electrons. The Morgan fingerprint density at radius 1 is 1.36 bits per heavy atom. The SMILES string of the molecule is CCCCCCN=C(NCC)N1CCC(c2cnn(C)c2)C1. The molecule has 1 atom stereocenters. The molecule has 1 aromatic rings. The zero-order valence-corrected chi connectivity index (χ0v) is 14.4. The molecule has 0 spiro atoms. The van der Waals surface area contributed by atoms with Crippen molar-refractivity contribution >= 4 is 5.96 Å². The van der Waals surface area contributed by atoms with Crippen LogP contribution in [0.5, 0.6) is 0 Å². The summed E-state index contributed by atoms with van der Waals surface area (Å²) in [4.78, 5) is 7.21. The highest BCUT2D eigenvalue weighted by Crippen LogP contribution is 2.26. The number of unbranched alkanes of at least 4 members (excludes halogenated alkanes) is 3. The summed E-state index contributed by atoms with van der Waals surface area (Å²) in [5.74, 6) is 1.67. The van der Waals surface area contributed by atoms with Crippen LogP contribution in [0.1, 0.15) is 57.4 Å². The Hall–Kier alpha value is -1.52. The van der Waals surface area contributed by atoms with Gasteiger partial charge in [0.05, 0.1) is 6.20 Å². The highest BCUT2D eigenvalue weighted by atomic mass is 15.3. The molecule has 1 N–H and O–H groups in total. The van der Waals surface area contributed by atoms with Crippen LogP contribution in [-0.2, 0) is 7.05 Å². The molecule has 5 heteroatoms. The van der Waals surface area contributed by atoms with E-state index in [2.05, 4.69) is 35.4 Å². The summed E-state index contributed by atoms with van der Waals surface area (Å²) in [5, 5.41) is 7.75. The quantitative estimate of drug-likeness (QED) is 0.479. The molecule has 1 aromatic heterocycles. The van der Waals surface area contributed by atoms with E-state index in [0.29, 0.717) is 5.92 Å². The molecule has 2 rings (SSSR count). The number of nitrogens with one attached hydrogen (secondary N) is 1. The first-order chi connectivity index (χ1) is 10.7. The van der Waals surface area contributed by atoms with Gasteiger partial charge in [0.15, 0.2) is 5.96 Å². The van der Waals surface area contributed by atoms with Gasteiger partial charge < -0.3 is 10.2 Å². The molecule has 1 unspecified atom stereocenters. The molecular formula is C17H31N5. The maximum absolute atomic E-state index is 4.81. The van der Waals surface area contributed by atoms with Gasteiger partial charge in [0.25, 0.3) is 0 Å². The van der Waals surface area contributed by atoms with Crippen LogP contribution in [-0.4, -0.2) is 46.8 Å². The largest absolute Gasteiger partial charge is 0.357 e. The van der Waals surface area contributed by atoms with E-state index in [4.69, 9.17) is 4.99 Å². The van der Waals surface area contributed by atoms with Gasteiger partial charge in [0.1, 0.15) is 0 Å². The number of aryl methyl sites for hydroxylation is 1. The van der Waals surface area contributed by atoms with E-state index in [1.54, 1.807) is 0 Å². The standard InChI is InChI=1S/C17H31N5/c1-4-6-7-8-10-19-17(18-5-2)22-11-9-15(14-22)16-12-20-21(3)13-16/h12-13,15H,4-11,14H2,1-3H3,(H,18,19). The Morgan fingerprint density at radius 2 is 2.23 bits per heavy atom. The molecule has 0 bridgehead atoms. The number of hydrogen-bond acceptors (Lipinski definition) is 2. The maximum atomic E-state index is 4.81. The van der Waals surface area contributed by atoms with Gasteiger partial charge in [-0.15, -0.1) is 0 Å². The van der Waals surface area contributed by atoms with E-state index >= 15 is 0 Å². The lowest BCUT2D eigenvalue weighted by atomic mass is 10.0. The smallest absolute Gasteiger partial charge is 0.193 e. The van der Waals surface area contributed by atoms with Crippen LogP contribution >= 0.6 is 0 Å². The van der Waals surface area contributed by atoms with Crippen LogP contribution in [0.25, 0.3) is 0 Å². The Balaban J connectivity index is 1.88. The minimum Gasteiger partial charge on any atom is -0.357 e. The molecule has 0 saturated carbocycles. The first-order valence-electron chi connectivity index (χ1n) is 8.76. The number of guanidine groups is 1. The fraction of sp³-hybridized carbons (Fsp3) is 0.765. The van der Waals surface area contributed by atoms with Crippen LogP contribution in [0.15, 0.2) is 17.4 Å². The summed E-state index contributed by atoms with van der Waals surface area (Å²) in [6.07, 6.45) is 10.4. The molecule has 1 aliphatic rings. The number of aromatic nitrogens is 2. The van der Waals surface area contributed by atoms with Gasteiger partial charge in [-0.2, -0.15) is 5.10 Å². The van der Waals surface area contributed by atoms with Gasteiger partial charge in [-0.05, 0) is 25.3 Å². The normalized spacial score (nSPS) is 19.0. The third-order valence-electron chi connectivity index (χ3n) is 4.29. The maximum Gasteiger partial charge on any atom is 0.193 e. The second kappa shape index (κ2) is 8.81. The molecule has 0 aromatic carbocycles. The van der Waals surface area contributed by atoms with Crippen molar-refractivity contribution < 1.29 is 0 Å². The second-order valence-electron chi connectivity index (χ2n) is 6.18. The summed E-state index contributed by atoms with van der Waals surface area (Å²) in [7, 11) is 1.98. The summed E-state index contributed by atoms with van der Waals surface area (Å²) < 4.78 is 1.89. The molecule has 5 nitrogen and oxygen atoms in total. The molecule has 124 valence electrons. The van der Waals surface area contributed by atoms with Crippen LogP contribution in [0, 0.1) is 0 Å². The Bertz CT molecular complexity index is 465. The second-order valence-corrected chi connectivity index (χ2v) is 6.18. The highest BCUT2D eigenvalue weighted by Gasteiger charge is 2.26. The minimum absolute atomic E-state index is 0.581. The summed E-state index contributed by atoms with van der Waals surface area (Å²) in [6, 6.07) is 0. The molecule has 2 heterocycles. The average Bonchev–Trinajstić information content (AvgIpc) is 3.14. The van der Waals surface area contributed by atoms with E-state index in [1.165, 1.54) is 37.7 Å². The van der Waals surface area contributed by atoms with Crippen LogP contribution in [0.3, 0.4) is 0 Å². The molecule has 0 amide bonds. The van der Waals surface area contributed by atoms with E-state index in [1.807, 2.05) is 17.9 Å². The van der Waals surface area contributed by atoms with Crippen LogP contribution < -0.4 is 5.32 Å². The van der Waals surface area contributed by atoms with Crippen molar-refractivity contribution in [2.24, 2.45) is 12.0 Å². The lowest BCUT2D eigenvalue weighted by Crippen LogP contribution is -2.40. The van der Waals surface area contributed by atoms with Gasteiger partial charge in [-0.25, -0.2) is 0 Å². The monoisotopic (exact) mass is 305 g/mol. The highest BCUT2D eigenvalue weighted by molar-refractivity contribution is 5.80. The Kier molecular flexibility index (Phi) is 6.74. The van der Waals surface area contributed by atoms with Gasteiger partial charge in [-0.3, -0.25) is 9.67 Å². The van der Waals surface area contributed by atoms with Gasteiger partial charge in [-0.1, -0.05) is 26.2 Å². The van der Waals surface area contributed by atoms with Crippen molar-refractivity contribution in [3.05, 3.63) is 18.0 Å². The number of rotatable bonds is 7. The summed E-state index contributed by atoms with van der Waals surface area (Å²) in [5.41, 5.74) is 1.35. The molecular weight excluding hydrogens is 274 g/mol. The molecule has 0 aliphatic carbocycles. The molecule has 1 saturated heterocycles. The van der Waals surface area contributed by atoms with Crippen molar-refractivity contribution in [1.82, 2.24) is 20.0 Å². The number of aliphatic imine (C=N–C) groups is 1. The van der Waals surface area contributed by atoms with E-state index in [9.17, 15) is 0 Å². The fourth-order valence-electron chi connectivity index (χ4n) is 3.03. The third-order valence-corrected chi connectivity index (χ3v) is 4.29. The van der Waals surface area contributed by atoms with Gasteiger partial charge in [0.2, 0.25) is 0 Å². The van der Waals surface area contributed by atoms with Crippen molar-refractivity contribution in [1.29, 1.82) is 0 Å². The van der Waals surface area contributed by atoms with Crippen molar-refractivity contribution in [2.75, 3.05) is 26.2 Å². The van der Waals surface area contributed by atoms with Crippen LogP contribution in [0.2, 0.25) is 0 Å². The molecule has 22 heavy (non-hydrogen) atoms. The fourth-order valence-corrected chi connectivity index (χ4v) is 3.03. The average molecular weight is 305 g/mol. The summed E-state index contributed by atoms with van der Waals surface area (Å²) >= 11 is 0. The first kappa shape index (κ1) is 16.8. The van der Waals surface area contributed by atoms with Gasteiger partial charge >= 0.3 is 0 Å². The van der Waals surface area contributed by atoms with Gasteiger partial charge in [0, 0.05) is 45.3 Å². The number of nitrogens with zero attached hydrogens (tertiary/aromatic N) is 4. The third kappa shape index (κ3) is 4.75. The molecule has 1 aliphatic heterocycles. The van der Waals surface area contributed by atoms with E-state index < -0.39 is 0 Å². The Labute approximate surface area is 134 Å². The van der Waals surface area contributed by atoms with E-state index in [-0.39, 0.29) is 0 Å². The van der Waals surface area contributed by atoms with Crippen molar-refractivity contribution in [3.8, 4) is 0 Å². The summed E-state index contributed by atoms with van der Waals surface area (Å²) in [6.45, 7) is 8.39. The van der Waals surface area contributed by atoms with Crippen molar-refractivity contribution in [3.63, 3.8) is 0 Å². The number of likely N-dealkylation sites (tertiary alicyclic amines) is 1. The zero-order valence-electron chi connectivity index (χ0n) is 14.4. The minimum atomic E-state index is 0.581.